The molecule has 0 saturated heterocycles. The van der Waals surface area contributed by atoms with Crippen molar-refractivity contribution >= 4 is 17.4 Å². The van der Waals surface area contributed by atoms with Crippen LogP contribution in [-0.2, 0) is 0 Å². The lowest BCUT2D eigenvalue weighted by Crippen LogP contribution is -2.25. The summed E-state index contributed by atoms with van der Waals surface area (Å²) in [5, 5.41) is 6.44. The summed E-state index contributed by atoms with van der Waals surface area (Å²) in [6.45, 7) is 7.98. The van der Waals surface area contributed by atoms with Gasteiger partial charge >= 0.3 is 0 Å². The number of pyridine rings is 1. The van der Waals surface area contributed by atoms with Gasteiger partial charge in [0.1, 0.15) is 11.5 Å². The number of carbonyl (C=O) groups excluding carboxylic acids is 1. The van der Waals surface area contributed by atoms with Gasteiger partial charge in [0.2, 0.25) is 0 Å². The van der Waals surface area contributed by atoms with Crippen LogP contribution in [0.25, 0.3) is 0 Å². The fourth-order valence-electron chi connectivity index (χ4n) is 2.26. The summed E-state index contributed by atoms with van der Waals surface area (Å²) in [5.74, 6) is 0.755. The predicted molar refractivity (Wildman–Crippen MR) is 86.2 cm³/mol. The van der Waals surface area contributed by atoms with Crippen LogP contribution in [0.3, 0.4) is 0 Å². The first-order chi connectivity index (χ1) is 10.6. The Morgan fingerprint density at radius 3 is 2.59 bits per heavy atom. The van der Waals surface area contributed by atoms with E-state index in [-0.39, 0.29) is 5.91 Å². The molecule has 0 spiro atoms. The Bertz CT molecular complexity index is 618. The molecule has 0 aliphatic heterocycles. The molecule has 2 aromatic rings. The molecule has 0 bridgehead atoms. The molecular formula is C16H22N4O2. The number of hydrogen-bond donors (Lipinski definition) is 1. The summed E-state index contributed by atoms with van der Waals surface area (Å²) in [4.78, 5) is 18.7. The van der Waals surface area contributed by atoms with Gasteiger partial charge in [0.25, 0.3) is 5.91 Å². The van der Waals surface area contributed by atoms with E-state index in [1.807, 2.05) is 12.1 Å². The highest BCUT2D eigenvalue weighted by atomic mass is 16.5. The van der Waals surface area contributed by atoms with E-state index in [9.17, 15) is 4.79 Å². The lowest BCUT2D eigenvalue weighted by atomic mass is 10.2. The van der Waals surface area contributed by atoms with Gasteiger partial charge in [-0.1, -0.05) is 19.0 Å². The third kappa shape index (κ3) is 4.07. The van der Waals surface area contributed by atoms with Crippen molar-refractivity contribution in [3.63, 3.8) is 0 Å². The molecule has 0 aromatic carbocycles. The van der Waals surface area contributed by atoms with Crippen molar-refractivity contribution in [3.05, 3.63) is 35.9 Å². The van der Waals surface area contributed by atoms with Gasteiger partial charge < -0.3 is 14.7 Å². The summed E-state index contributed by atoms with van der Waals surface area (Å²) in [6, 6.07) is 5.41. The lowest BCUT2D eigenvalue weighted by molar-refractivity contribution is 0.102. The largest absolute Gasteiger partial charge is 0.371 e. The van der Waals surface area contributed by atoms with E-state index < -0.39 is 0 Å². The van der Waals surface area contributed by atoms with Crippen LogP contribution >= 0.6 is 0 Å². The van der Waals surface area contributed by atoms with Gasteiger partial charge in [0, 0.05) is 31.0 Å². The van der Waals surface area contributed by atoms with E-state index in [0.29, 0.717) is 17.3 Å². The van der Waals surface area contributed by atoms with Gasteiger partial charge in [-0.3, -0.25) is 9.78 Å². The first kappa shape index (κ1) is 16.0. The van der Waals surface area contributed by atoms with Crippen LogP contribution < -0.4 is 10.2 Å². The third-order valence-corrected chi connectivity index (χ3v) is 3.20. The maximum Gasteiger partial charge on any atom is 0.275 e. The Labute approximate surface area is 130 Å². The Morgan fingerprint density at radius 2 is 2.00 bits per heavy atom. The fraction of sp³-hybridized carbons (Fsp3) is 0.438. The van der Waals surface area contributed by atoms with Gasteiger partial charge in [-0.05, 0) is 31.9 Å². The highest BCUT2D eigenvalue weighted by Gasteiger charge is 2.13. The summed E-state index contributed by atoms with van der Waals surface area (Å²) < 4.78 is 4.93. The van der Waals surface area contributed by atoms with Crippen molar-refractivity contribution in [2.45, 2.75) is 33.6 Å². The highest BCUT2D eigenvalue weighted by molar-refractivity contribution is 6.02. The molecule has 1 N–H and O–H groups in total. The predicted octanol–water partition coefficient (Wildman–Crippen LogP) is 3.26. The van der Waals surface area contributed by atoms with Crippen molar-refractivity contribution < 1.29 is 9.32 Å². The average molecular weight is 302 g/mol. The Hall–Kier alpha value is -2.37. The second kappa shape index (κ2) is 7.59. The Morgan fingerprint density at radius 1 is 1.27 bits per heavy atom. The normalized spacial score (nSPS) is 10.5. The fourth-order valence-corrected chi connectivity index (χ4v) is 2.26. The Balaban J connectivity index is 2.14. The molecule has 118 valence electrons. The van der Waals surface area contributed by atoms with E-state index in [2.05, 4.69) is 34.2 Å². The molecule has 0 fully saturated rings. The van der Waals surface area contributed by atoms with Crippen LogP contribution in [-0.4, -0.2) is 29.1 Å². The molecular weight excluding hydrogens is 280 g/mol. The molecule has 6 heteroatoms. The minimum atomic E-state index is -0.289. The number of aryl methyl sites for hydroxylation is 1. The van der Waals surface area contributed by atoms with Gasteiger partial charge in [0.15, 0.2) is 5.82 Å². The molecule has 0 aliphatic rings. The zero-order valence-electron chi connectivity index (χ0n) is 13.3. The van der Waals surface area contributed by atoms with Gasteiger partial charge in [0.05, 0.1) is 0 Å². The number of hydrogen-bond acceptors (Lipinski definition) is 5. The Kier molecular flexibility index (Phi) is 5.52. The topological polar surface area (TPSA) is 71.3 Å². The third-order valence-electron chi connectivity index (χ3n) is 3.20. The second-order valence-corrected chi connectivity index (χ2v) is 5.16. The number of nitrogens with zero attached hydrogens (tertiary/aromatic N) is 3. The average Bonchev–Trinajstić information content (AvgIpc) is 2.92. The zero-order valence-corrected chi connectivity index (χ0v) is 13.3. The van der Waals surface area contributed by atoms with E-state index >= 15 is 0 Å². The van der Waals surface area contributed by atoms with Crippen molar-refractivity contribution in [1.29, 1.82) is 0 Å². The number of nitrogens with one attached hydrogen (secondary N) is 1. The molecule has 6 nitrogen and oxygen atoms in total. The maximum atomic E-state index is 12.2. The van der Waals surface area contributed by atoms with E-state index in [4.69, 9.17) is 4.52 Å². The molecule has 2 rings (SSSR count). The minimum Gasteiger partial charge on any atom is -0.371 e. The first-order valence-electron chi connectivity index (χ1n) is 7.59. The molecule has 2 heterocycles. The molecule has 2 aromatic heterocycles. The SMILES string of the molecule is CCCN(CCC)c1ccnc(C(=O)Nc2cc(C)on2)c1. The van der Waals surface area contributed by atoms with Crippen LogP contribution in [0.5, 0.6) is 0 Å². The highest BCUT2D eigenvalue weighted by Crippen LogP contribution is 2.16. The molecule has 0 atom stereocenters. The zero-order chi connectivity index (χ0) is 15.9. The van der Waals surface area contributed by atoms with E-state index in [1.165, 1.54) is 0 Å². The first-order valence-corrected chi connectivity index (χ1v) is 7.59. The van der Waals surface area contributed by atoms with E-state index in [0.717, 1.165) is 31.6 Å². The lowest BCUT2D eigenvalue weighted by Gasteiger charge is -2.23. The van der Waals surface area contributed by atoms with Crippen LogP contribution in [0.4, 0.5) is 11.5 Å². The van der Waals surface area contributed by atoms with Gasteiger partial charge in [-0.2, -0.15) is 0 Å². The number of anilines is 2. The minimum absolute atomic E-state index is 0.289. The van der Waals surface area contributed by atoms with Gasteiger partial charge in [-0.15, -0.1) is 0 Å². The number of carbonyl (C=O) groups is 1. The molecule has 0 saturated carbocycles. The van der Waals surface area contributed by atoms with Crippen LogP contribution in [0.1, 0.15) is 42.9 Å². The summed E-state index contributed by atoms with van der Waals surface area (Å²) in [6.07, 6.45) is 3.78. The number of rotatable bonds is 7. The molecule has 1 amide bonds. The quantitative estimate of drug-likeness (QED) is 0.850. The van der Waals surface area contributed by atoms with Crippen molar-refractivity contribution in [2.75, 3.05) is 23.3 Å². The van der Waals surface area contributed by atoms with Crippen LogP contribution in [0, 0.1) is 6.92 Å². The summed E-state index contributed by atoms with van der Waals surface area (Å²) in [5.41, 5.74) is 1.38. The molecule has 0 aliphatic carbocycles. The smallest absolute Gasteiger partial charge is 0.275 e. The molecule has 0 radical (unpaired) electrons. The van der Waals surface area contributed by atoms with Crippen molar-refractivity contribution in [1.82, 2.24) is 10.1 Å². The van der Waals surface area contributed by atoms with E-state index in [1.54, 1.807) is 19.2 Å². The molecule has 0 unspecified atom stereocenters. The number of aromatic nitrogens is 2. The maximum absolute atomic E-state index is 12.2. The van der Waals surface area contributed by atoms with Crippen molar-refractivity contribution in [2.24, 2.45) is 0 Å². The summed E-state index contributed by atoms with van der Waals surface area (Å²) in [7, 11) is 0. The molecule has 22 heavy (non-hydrogen) atoms. The summed E-state index contributed by atoms with van der Waals surface area (Å²) >= 11 is 0. The van der Waals surface area contributed by atoms with Crippen molar-refractivity contribution in [3.8, 4) is 0 Å². The van der Waals surface area contributed by atoms with Crippen LogP contribution in [0.2, 0.25) is 0 Å². The second-order valence-electron chi connectivity index (χ2n) is 5.16. The van der Waals surface area contributed by atoms with Crippen LogP contribution in [0.15, 0.2) is 28.9 Å². The standard InChI is InChI=1S/C16H22N4O2/c1-4-8-20(9-5-2)13-6-7-17-14(11-13)16(21)18-15-10-12(3)22-19-15/h6-7,10-11H,4-5,8-9H2,1-3H3,(H,18,19,21). The van der Waals surface area contributed by atoms with Gasteiger partial charge in [-0.25, -0.2) is 0 Å². The number of amides is 1. The monoisotopic (exact) mass is 302 g/mol.